The lowest BCUT2D eigenvalue weighted by Crippen LogP contribution is -2.21. The van der Waals surface area contributed by atoms with E-state index < -0.39 is 0 Å². The predicted molar refractivity (Wildman–Crippen MR) is 67.7 cm³/mol. The van der Waals surface area contributed by atoms with Gasteiger partial charge in [-0.2, -0.15) is 5.10 Å². The molecule has 0 atom stereocenters. The van der Waals surface area contributed by atoms with Crippen molar-refractivity contribution in [3.05, 3.63) is 18.0 Å². The molecule has 1 saturated carbocycles. The first-order valence-electron chi connectivity index (χ1n) is 6.65. The summed E-state index contributed by atoms with van der Waals surface area (Å²) in [5.74, 6) is 1.61. The van der Waals surface area contributed by atoms with E-state index in [1.54, 1.807) is 4.68 Å². The maximum absolute atomic E-state index is 12.1. The summed E-state index contributed by atoms with van der Waals surface area (Å²) in [7, 11) is 1.91. The van der Waals surface area contributed by atoms with Crippen LogP contribution in [0, 0.1) is 11.8 Å². The minimum Gasteiger partial charge on any atom is -0.299 e. The van der Waals surface area contributed by atoms with Gasteiger partial charge < -0.3 is 0 Å². The van der Waals surface area contributed by atoms with E-state index in [1.165, 1.54) is 18.4 Å². The first-order valence-corrected chi connectivity index (χ1v) is 6.65. The quantitative estimate of drug-likeness (QED) is 0.803. The van der Waals surface area contributed by atoms with Crippen LogP contribution in [0.15, 0.2) is 12.4 Å². The van der Waals surface area contributed by atoms with Gasteiger partial charge in [0, 0.05) is 25.6 Å². The number of carbonyl (C=O) groups is 1. The molecule has 0 aromatic carbocycles. The van der Waals surface area contributed by atoms with Gasteiger partial charge in [-0.25, -0.2) is 0 Å². The van der Waals surface area contributed by atoms with Gasteiger partial charge in [-0.05, 0) is 30.7 Å². The molecule has 1 heterocycles. The Labute approximate surface area is 103 Å². The molecule has 0 saturated heterocycles. The SMILES string of the molecule is CC1CCC(C(=O)CCc2cnn(C)c2)CC1. The fourth-order valence-corrected chi connectivity index (χ4v) is 2.65. The standard InChI is InChI=1S/C14H22N2O/c1-11-3-6-13(7-4-11)14(17)8-5-12-9-15-16(2)10-12/h9-11,13H,3-8H2,1-2H3. The van der Waals surface area contributed by atoms with E-state index in [-0.39, 0.29) is 0 Å². The van der Waals surface area contributed by atoms with Crippen LogP contribution < -0.4 is 0 Å². The van der Waals surface area contributed by atoms with Gasteiger partial charge in [0.25, 0.3) is 0 Å². The molecule has 94 valence electrons. The average Bonchev–Trinajstić information content (AvgIpc) is 2.73. The summed E-state index contributed by atoms with van der Waals surface area (Å²) in [5, 5.41) is 4.12. The zero-order valence-electron chi connectivity index (χ0n) is 10.9. The molecule has 2 rings (SSSR count). The van der Waals surface area contributed by atoms with Crippen molar-refractivity contribution >= 4 is 5.78 Å². The highest BCUT2D eigenvalue weighted by atomic mass is 16.1. The molecule has 1 aromatic rings. The summed E-state index contributed by atoms with van der Waals surface area (Å²) in [4.78, 5) is 12.1. The number of hydrogen-bond acceptors (Lipinski definition) is 2. The van der Waals surface area contributed by atoms with Gasteiger partial charge in [-0.3, -0.25) is 9.48 Å². The van der Waals surface area contributed by atoms with Gasteiger partial charge in [0.2, 0.25) is 0 Å². The molecule has 0 bridgehead atoms. The molecule has 3 heteroatoms. The zero-order valence-corrected chi connectivity index (χ0v) is 10.9. The molecule has 0 unspecified atom stereocenters. The highest BCUT2D eigenvalue weighted by Crippen LogP contribution is 2.29. The molecule has 0 amide bonds. The lowest BCUT2D eigenvalue weighted by molar-refractivity contribution is -0.124. The minimum absolute atomic E-state index is 0.336. The Kier molecular flexibility index (Phi) is 3.97. The number of hydrogen-bond donors (Lipinski definition) is 0. The largest absolute Gasteiger partial charge is 0.299 e. The monoisotopic (exact) mass is 234 g/mol. The van der Waals surface area contributed by atoms with Crippen molar-refractivity contribution in [1.82, 2.24) is 9.78 Å². The number of rotatable bonds is 4. The second-order valence-corrected chi connectivity index (χ2v) is 5.45. The van der Waals surface area contributed by atoms with Crippen molar-refractivity contribution in [2.24, 2.45) is 18.9 Å². The second-order valence-electron chi connectivity index (χ2n) is 5.45. The number of Topliss-reactive ketones (excluding diaryl/α,β-unsaturated/α-hetero) is 1. The Morgan fingerprint density at radius 3 is 2.71 bits per heavy atom. The van der Waals surface area contributed by atoms with Crippen molar-refractivity contribution in [3.8, 4) is 0 Å². The molecule has 1 fully saturated rings. The zero-order chi connectivity index (χ0) is 12.3. The fourth-order valence-electron chi connectivity index (χ4n) is 2.65. The van der Waals surface area contributed by atoms with Gasteiger partial charge in [0.1, 0.15) is 5.78 Å². The third kappa shape index (κ3) is 3.42. The maximum atomic E-state index is 12.1. The van der Waals surface area contributed by atoms with E-state index in [0.717, 1.165) is 25.2 Å². The lowest BCUT2D eigenvalue weighted by Gasteiger charge is -2.24. The van der Waals surface area contributed by atoms with Crippen LogP contribution in [-0.2, 0) is 18.3 Å². The summed E-state index contributed by atoms with van der Waals surface area (Å²) in [6.45, 7) is 2.29. The van der Waals surface area contributed by atoms with E-state index >= 15 is 0 Å². The van der Waals surface area contributed by atoms with Crippen molar-refractivity contribution in [2.45, 2.75) is 45.4 Å². The van der Waals surface area contributed by atoms with Crippen LogP contribution in [0.25, 0.3) is 0 Å². The van der Waals surface area contributed by atoms with E-state index in [4.69, 9.17) is 0 Å². The van der Waals surface area contributed by atoms with Crippen molar-refractivity contribution in [1.29, 1.82) is 0 Å². The topological polar surface area (TPSA) is 34.9 Å². The van der Waals surface area contributed by atoms with Crippen LogP contribution in [0.5, 0.6) is 0 Å². The Bertz CT molecular complexity index is 375. The Morgan fingerprint density at radius 1 is 1.41 bits per heavy atom. The first kappa shape index (κ1) is 12.3. The molecule has 3 nitrogen and oxygen atoms in total. The summed E-state index contributed by atoms with van der Waals surface area (Å²) in [5.41, 5.74) is 1.17. The molecule has 0 N–H and O–H groups in total. The van der Waals surface area contributed by atoms with Crippen LogP contribution in [0.1, 0.15) is 44.6 Å². The second kappa shape index (κ2) is 5.48. The third-order valence-corrected chi connectivity index (χ3v) is 3.89. The van der Waals surface area contributed by atoms with Gasteiger partial charge >= 0.3 is 0 Å². The summed E-state index contributed by atoms with van der Waals surface area (Å²) in [6.07, 6.45) is 10.0. The third-order valence-electron chi connectivity index (χ3n) is 3.89. The number of ketones is 1. The van der Waals surface area contributed by atoms with Gasteiger partial charge in [-0.15, -0.1) is 0 Å². The Hall–Kier alpha value is -1.12. The molecule has 0 spiro atoms. The molecule has 1 aromatic heterocycles. The predicted octanol–water partition coefficient (Wildman–Crippen LogP) is 2.75. The summed E-state index contributed by atoms with van der Waals surface area (Å²) >= 11 is 0. The molecular weight excluding hydrogens is 212 g/mol. The van der Waals surface area contributed by atoms with Gasteiger partial charge in [-0.1, -0.05) is 19.8 Å². The summed E-state index contributed by atoms with van der Waals surface area (Å²) < 4.78 is 1.79. The van der Waals surface area contributed by atoms with E-state index in [1.807, 2.05) is 19.4 Å². The van der Waals surface area contributed by atoms with Crippen LogP contribution >= 0.6 is 0 Å². The molecule has 17 heavy (non-hydrogen) atoms. The number of nitrogens with zero attached hydrogens (tertiary/aromatic N) is 2. The minimum atomic E-state index is 0.336. The lowest BCUT2D eigenvalue weighted by atomic mass is 9.80. The fraction of sp³-hybridized carbons (Fsp3) is 0.714. The Balaban J connectivity index is 1.77. The van der Waals surface area contributed by atoms with Gasteiger partial charge in [0.05, 0.1) is 6.20 Å². The molecule has 1 aliphatic carbocycles. The van der Waals surface area contributed by atoms with Crippen LogP contribution in [0.3, 0.4) is 0 Å². The van der Waals surface area contributed by atoms with Crippen LogP contribution in [0.4, 0.5) is 0 Å². The van der Waals surface area contributed by atoms with Crippen LogP contribution in [-0.4, -0.2) is 15.6 Å². The molecular formula is C14H22N2O. The highest BCUT2D eigenvalue weighted by Gasteiger charge is 2.23. The Morgan fingerprint density at radius 2 is 2.12 bits per heavy atom. The van der Waals surface area contributed by atoms with E-state index in [0.29, 0.717) is 18.1 Å². The first-order chi connectivity index (χ1) is 8.15. The van der Waals surface area contributed by atoms with Gasteiger partial charge in [0.15, 0.2) is 0 Å². The van der Waals surface area contributed by atoms with Crippen molar-refractivity contribution in [2.75, 3.05) is 0 Å². The smallest absolute Gasteiger partial charge is 0.136 e. The van der Waals surface area contributed by atoms with E-state index in [9.17, 15) is 4.79 Å². The van der Waals surface area contributed by atoms with Crippen molar-refractivity contribution < 1.29 is 4.79 Å². The van der Waals surface area contributed by atoms with Crippen LogP contribution in [0.2, 0.25) is 0 Å². The molecule has 0 radical (unpaired) electrons. The number of aryl methyl sites for hydroxylation is 2. The number of aromatic nitrogens is 2. The molecule has 1 aliphatic rings. The highest BCUT2D eigenvalue weighted by molar-refractivity contribution is 5.81. The maximum Gasteiger partial charge on any atom is 0.136 e. The average molecular weight is 234 g/mol. The normalized spacial score (nSPS) is 24.8. The van der Waals surface area contributed by atoms with Crippen molar-refractivity contribution in [3.63, 3.8) is 0 Å². The number of carbonyl (C=O) groups excluding carboxylic acids is 1. The van der Waals surface area contributed by atoms with E-state index in [2.05, 4.69) is 12.0 Å². The summed E-state index contributed by atoms with van der Waals surface area (Å²) in [6, 6.07) is 0. The molecule has 0 aliphatic heterocycles.